The summed E-state index contributed by atoms with van der Waals surface area (Å²) >= 11 is 6.17. The van der Waals surface area contributed by atoms with Crippen molar-refractivity contribution in [1.82, 2.24) is 4.98 Å². The van der Waals surface area contributed by atoms with E-state index in [1.165, 1.54) is 21.0 Å². The largest absolute Gasteiger partial charge is 0.469 e. The molecule has 2 aromatic rings. The Balaban J connectivity index is 1.17. The number of hydrogen-bond donors (Lipinski definition) is 1. The van der Waals surface area contributed by atoms with Crippen LogP contribution in [0.5, 0.6) is 0 Å². The molecule has 0 radical (unpaired) electrons. The molecule has 50 heavy (non-hydrogen) atoms. The summed E-state index contributed by atoms with van der Waals surface area (Å²) in [4.78, 5) is 41.8. The first-order valence-corrected chi connectivity index (χ1v) is 19.0. The van der Waals surface area contributed by atoms with E-state index >= 15 is 0 Å². The molecule has 6 rings (SSSR count). The van der Waals surface area contributed by atoms with Gasteiger partial charge in [-0.15, -0.1) is 0 Å². The van der Waals surface area contributed by atoms with E-state index in [1.54, 1.807) is 6.20 Å². The molecule has 1 aromatic heterocycles. The van der Waals surface area contributed by atoms with Crippen molar-refractivity contribution in [3.8, 4) is 0 Å². The van der Waals surface area contributed by atoms with Crippen LogP contribution in [0.15, 0.2) is 30.5 Å². The average molecular weight is 711 g/mol. The summed E-state index contributed by atoms with van der Waals surface area (Å²) in [5.41, 5.74) is 1.61. The van der Waals surface area contributed by atoms with Gasteiger partial charge >= 0.3 is 17.9 Å². The zero-order valence-electron chi connectivity index (χ0n) is 30.5. The Kier molecular flexibility index (Phi) is 11.0. The van der Waals surface area contributed by atoms with Gasteiger partial charge in [-0.05, 0) is 111 Å². The van der Waals surface area contributed by atoms with E-state index in [9.17, 15) is 14.4 Å². The third-order valence-electron chi connectivity index (χ3n) is 13.6. The number of esters is 3. The van der Waals surface area contributed by atoms with Crippen LogP contribution in [0.4, 0.5) is 5.69 Å². The van der Waals surface area contributed by atoms with Crippen LogP contribution < -0.4 is 5.32 Å². The number of rotatable bonds is 11. The molecule has 0 aliphatic heterocycles. The molecule has 0 saturated heterocycles. The van der Waals surface area contributed by atoms with Gasteiger partial charge in [0.05, 0.1) is 25.3 Å². The van der Waals surface area contributed by atoms with Gasteiger partial charge in [0.2, 0.25) is 0 Å². The van der Waals surface area contributed by atoms with Gasteiger partial charge < -0.3 is 24.3 Å². The van der Waals surface area contributed by atoms with Crippen molar-refractivity contribution >= 4 is 46.1 Å². The number of ether oxygens (including phenoxy) is 4. The summed E-state index contributed by atoms with van der Waals surface area (Å²) in [7, 11) is 1.43. The highest BCUT2D eigenvalue weighted by Crippen LogP contribution is 2.69. The predicted molar refractivity (Wildman–Crippen MR) is 192 cm³/mol. The van der Waals surface area contributed by atoms with Crippen LogP contribution in [-0.4, -0.2) is 61.5 Å². The summed E-state index contributed by atoms with van der Waals surface area (Å²) in [6.07, 6.45) is 9.13. The lowest BCUT2D eigenvalue weighted by atomic mass is 9.43. The lowest BCUT2D eigenvalue weighted by Crippen LogP contribution is -2.63. The number of carbonyl (C=O) groups is 3. The number of carbonyl (C=O) groups excluding carboxylic acids is 3. The van der Waals surface area contributed by atoms with Crippen LogP contribution in [0.1, 0.15) is 92.4 Å². The summed E-state index contributed by atoms with van der Waals surface area (Å²) in [6, 6.07) is 7.72. The van der Waals surface area contributed by atoms with E-state index in [0.717, 1.165) is 68.0 Å². The molecule has 10 heteroatoms. The maximum Gasteiger partial charge on any atom is 0.305 e. The van der Waals surface area contributed by atoms with E-state index in [2.05, 4.69) is 31.1 Å². The van der Waals surface area contributed by atoms with Gasteiger partial charge in [0.25, 0.3) is 0 Å². The third-order valence-corrected chi connectivity index (χ3v) is 13.8. The summed E-state index contributed by atoms with van der Waals surface area (Å²) in [5.74, 6) is 0.900. The highest BCUT2D eigenvalue weighted by atomic mass is 35.5. The number of anilines is 1. The maximum absolute atomic E-state index is 12.7. The molecule has 9 nitrogen and oxygen atoms in total. The van der Waals surface area contributed by atoms with E-state index in [4.69, 9.17) is 30.5 Å². The second kappa shape index (κ2) is 15.0. The quantitative estimate of drug-likeness (QED) is 0.141. The fraction of sp³-hybridized carbons (Fsp3) is 0.700. The number of nitrogens with one attached hydrogen (secondary N) is 1. The summed E-state index contributed by atoms with van der Waals surface area (Å²) in [5, 5.41) is 5.21. The molecular formula is C40H55ClN2O7. The third kappa shape index (κ3) is 7.10. The molecule has 11 atom stereocenters. The van der Waals surface area contributed by atoms with Crippen molar-refractivity contribution in [3.63, 3.8) is 0 Å². The fourth-order valence-electron chi connectivity index (χ4n) is 11.3. The molecule has 1 N–H and O–H groups in total. The number of benzene rings is 1. The van der Waals surface area contributed by atoms with Crippen LogP contribution in [0.2, 0.25) is 5.02 Å². The molecule has 4 aliphatic carbocycles. The number of pyridine rings is 1. The van der Waals surface area contributed by atoms with Gasteiger partial charge in [-0.25, -0.2) is 0 Å². The van der Waals surface area contributed by atoms with Crippen LogP contribution in [-0.2, 0) is 33.3 Å². The molecule has 0 bridgehead atoms. The highest BCUT2D eigenvalue weighted by molar-refractivity contribution is 6.31. The molecule has 1 heterocycles. The van der Waals surface area contributed by atoms with Crippen molar-refractivity contribution in [1.29, 1.82) is 0 Å². The fourth-order valence-corrected chi connectivity index (χ4v) is 11.4. The maximum atomic E-state index is 12.7. The van der Waals surface area contributed by atoms with Crippen LogP contribution in [0.3, 0.4) is 0 Å². The molecule has 1 aromatic carbocycles. The van der Waals surface area contributed by atoms with E-state index < -0.39 is 0 Å². The lowest BCUT2D eigenvalue weighted by molar-refractivity contribution is -0.224. The Morgan fingerprint density at radius 2 is 1.80 bits per heavy atom. The van der Waals surface area contributed by atoms with E-state index in [1.807, 2.05) is 24.3 Å². The van der Waals surface area contributed by atoms with Crippen molar-refractivity contribution in [3.05, 3.63) is 35.5 Å². The first-order valence-electron chi connectivity index (χ1n) is 18.7. The smallest absolute Gasteiger partial charge is 0.305 e. The molecule has 4 saturated carbocycles. The van der Waals surface area contributed by atoms with Gasteiger partial charge in [0.15, 0.2) is 0 Å². The number of fused-ring (bicyclic) bond motifs is 6. The van der Waals surface area contributed by atoms with Gasteiger partial charge in [-0.2, -0.15) is 0 Å². The molecular weight excluding hydrogens is 656 g/mol. The average Bonchev–Trinajstić information content (AvgIpc) is 3.43. The molecule has 0 spiro atoms. The van der Waals surface area contributed by atoms with Crippen molar-refractivity contribution in [2.45, 2.75) is 111 Å². The van der Waals surface area contributed by atoms with Crippen molar-refractivity contribution < 1.29 is 33.3 Å². The first-order chi connectivity index (χ1) is 23.8. The standard InChI is InChI=1S/C40H55ClN2O7/c1-23(7-12-37(46)47-6)30-10-11-31-38-32(22-36(40(30,31)5)50-25(3)45)39(4)15-13-28(19-26(39)20-35(38)49-24(2)44)48-18-17-43-33-14-16-42-34-21-27(41)8-9-29(33)34/h8-9,14,16,21,23,26,28,30-32,35-36,38H,7,10-13,15,17-20,22H2,1-6H3,(H,42,43)/t23?,26-,28+,30+,31-,32-,35+,36?,38-,39-,40+/m0/s1. The zero-order chi connectivity index (χ0) is 35.8. The lowest BCUT2D eigenvalue weighted by Gasteiger charge is -2.64. The second-order valence-corrected chi connectivity index (χ2v) is 16.5. The Morgan fingerprint density at radius 3 is 2.54 bits per heavy atom. The Morgan fingerprint density at radius 1 is 1.02 bits per heavy atom. The number of nitrogens with zero attached hydrogens (tertiary/aromatic N) is 1. The number of methoxy groups -OCH3 is 1. The van der Waals surface area contributed by atoms with Crippen LogP contribution in [0, 0.1) is 46.3 Å². The minimum atomic E-state index is -0.274. The van der Waals surface area contributed by atoms with Crippen LogP contribution >= 0.6 is 11.6 Å². The van der Waals surface area contributed by atoms with Gasteiger partial charge in [-0.1, -0.05) is 32.4 Å². The Labute approximate surface area is 301 Å². The van der Waals surface area contributed by atoms with E-state index in [0.29, 0.717) is 30.5 Å². The minimum absolute atomic E-state index is 0.0188. The number of halogens is 1. The van der Waals surface area contributed by atoms with E-state index in [-0.39, 0.29) is 76.6 Å². The number of aromatic nitrogens is 1. The minimum Gasteiger partial charge on any atom is -0.469 e. The number of hydrogen-bond acceptors (Lipinski definition) is 9. The summed E-state index contributed by atoms with van der Waals surface area (Å²) in [6.45, 7) is 11.3. The molecule has 2 unspecified atom stereocenters. The molecule has 0 amide bonds. The Hall–Kier alpha value is -2.91. The predicted octanol–water partition coefficient (Wildman–Crippen LogP) is 8.02. The molecule has 4 aliphatic rings. The van der Waals surface area contributed by atoms with Crippen LogP contribution in [0.25, 0.3) is 10.9 Å². The van der Waals surface area contributed by atoms with Gasteiger partial charge in [0, 0.05) is 60.4 Å². The SMILES string of the molecule is COC(=O)CCC(C)[C@H]1CC[C@H]2[C@@H]3[C@H](OC(C)=O)C[C@@H]4C[C@H](OCCNc5ccnc6cc(Cl)ccc56)CC[C@]4(C)[C@H]3CC(OC(C)=O)[C@]12C. The van der Waals surface area contributed by atoms with Crippen molar-refractivity contribution in [2.24, 2.45) is 46.3 Å². The first kappa shape index (κ1) is 36.9. The topological polar surface area (TPSA) is 113 Å². The monoisotopic (exact) mass is 710 g/mol. The van der Waals surface area contributed by atoms with Gasteiger partial charge in [0.1, 0.15) is 12.2 Å². The molecule has 274 valence electrons. The van der Waals surface area contributed by atoms with Crippen molar-refractivity contribution in [2.75, 3.05) is 25.6 Å². The zero-order valence-corrected chi connectivity index (χ0v) is 31.3. The second-order valence-electron chi connectivity index (χ2n) is 16.1. The normalized spacial score (nSPS) is 35.3. The summed E-state index contributed by atoms with van der Waals surface area (Å²) < 4.78 is 24.0. The molecule has 4 fully saturated rings. The highest BCUT2D eigenvalue weighted by Gasteiger charge is 2.67. The van der Waals surface area contributed by atoms with Gasteiger partial charge in [-0.3, -0.25) is 19.4 Å². The Bertz CT molecular complexity index is 1570.